The van der Waals surface area contributed by atoms with E-state index in [9.17, 15) is 13.2 Å². The highest BCUT2D eigenvalue weighted by Gasteiger charge is 2.34. The summed E-state index contributed by atoms with van der Waals surface area (Å²) in [6.07, 6.45) is -1.36. The maximum absolute atomic E-state index is 12.9. The average molecular weight is 256 g/mol. The molecule has 18 heavy (non-hydrogen) atoms. The molecular formula is C13H15F3N2. The van der Waals surface area contributed by atoms with Crippen molar-refractivity contribution in [1.82, 2.24) is 0 Å². The van der Waals surface area contributed by atoms with E-state index < -0.39 is 11.7 Å². The number of anilines is 2. The summed E-state index contributed by atoms with van der Waals surface area (Å²) in [4.78, 5) is 1.53. The Labute approximate surface area is 104 Å². The minimum absolute atomic E-state index is 0.0801. The van der Waals surface area contributed by atoms with Gasteiger partial charge in [-0.1, -0.05) is 12.2 Å². The average Bonchev–Trinajstić information content (AvgIpc) is 2.27. The number of hydrogen-bond donors (Lipinski definition) is 1. The molecular weight excluding hydrogens is 241 g/mol. The predicted molar refractivity (Wildman–Crippen MR) is 68.5 cm³/mol. The van der Waals surface area contributed by atoms with E-state index >= 15 is 0 Å². The molecule has 1 aromatic rings. The van der Waals surface area contributed by atoms with Crippen LogP contribution >= 0.6 is 0 Å². The smallest absolute Gasteiger partial charge is 0.399 e. The van der Waals surface area contributed by atoms with Crippen LogP contribution in [0.3, 0.4) is 0 Å². The fourth-order valence-corrected chi connectivity index (χ4v) is 1.64. The Balaban J connectivity index is 3.28. The van der Waals surface area contributed by atoms with Crippen LogP contribution < -0.4 is 10.6 Å². The van der Waals surface area contributed by atoms with Crippen molar-refractivity contribution in [3.63, 3.8) is 0 Å². The first-order valence-corrected chi connectivity index (χ1v) is 5.33. The molecule has 2 N–H and O–H groups in total. The minimum Gasteiger partial charge on any atom is -0.399 e. The van der Waals surface area contributed by atoms with Crippen molar-refractivity contribution in [2.24, 2.45) is 0 Å². The van der Waals surface area contributed by atoms with Crippen molar-refractivity contribution in [3.8, 4) is 0 Å². The molecule has 98 valence electrons. The van der Waals surface area contributed by atoms with Crippen LogP contribution in [-0.4, -0.2) is 13.1 Å². The quantitative estimate of drug-likeness (QED) is 0.645. The van der Waals surface area contributed by atoms with Crippen LogP contribution in [0, 0.1) is 0 Å². The normalized spacial score (nSPS) is 11.1. The largest absolute Gasteiger partial charge is 0.418 e. The van der Waals surface area contributed by atoms with Crippen molar-refractivity contribution in [2.75, 3.05) is 23.7 Å². The predicted octanol–water partition coefficient (Wildman–Crippen LogP) is 3.47. The van der Waals surface area contributed by atoms with Gasteiger partial charge in [-0.3, -0.25) is 0 Å². The zero-order valence-electron chi connectivity index (χ0n) is 9.87. The van der Waals surface area contributed by atoms with Crippen molar-refractivity contribution in [3.05, 3.63) is 49.1 Å². The molecule has 0 spiro atoms. The number of nitrogens with two attached hydrogens (primary N) is 1. The molecule has 5 heteroatoms. The van der Waals surface area contributed by atoms with Crippen LogP contribution in [0.1, 0.15) is 5.56 Å². The lowest BCUT2D eigenvalue weighted by Crippen LogP contribution is -2.26. The molecule has 2 nitrogen and oxygen atoms in total. The van der Waals surface area contributed by atoms with Crippen molar-refractivity contribution >= 4 is 11.4 Å². The van der Waals surface area contributed by atoms with Gasteiger partial charge in [-0.25, -0.2) is 0 Å². The monoisotopic (exact) mass is 256 g/mol. The number of alkyl halides is 3. The van der Waals surface area contributed by atoms with Crippen LogP contribution in [0.15, 0.2) is 43.5 Å². The van der Waals surface area contributed by atoms with E-state index in [0.29, 0.717) is 13.1 Å². The van der Waals surface area contributed by atoms with Crippen LogP contribution in [0.2, 0.25) is 0 Å². The van der Waals surface area contributed by atoms with E-state index in [2.05, 4.69) is 13.2 Å². The Morgan fingerprint density at radius 1 is 1.17 bits per heavy atom. The number of nitrogens with zero attached hydrogens (tertiary/aromatic N) is 1. The second-order valence-electron chi connectivity index (χ2n) is 3.76. The fraction of sp³-hybridized carbons (Fsp3) is 0.231. The van der Waals surface area contributed by atoms with Gasteiger partial charge in [0.1, 0.15) is 0 Å². The lowest BCUT2D eigenvalue weighted by Gasteiger charge is -2.25. The zero-order chi connectivity index (χ0) is 13.8. The van der Waals surface area contributed by atoms with Gasteiger partial charge in [0.15, 0.2) is 0 Å². The molecule has 1 rings (SSSR count). The molecule has 0 atom stereocenters. The highest BCUT2D eigenvalue weighted by Crippen LogP contribution is 2.37. The van der Waals surface area contributed by atoms with Crippen molar-refractivity contribution < 1.29 is 13.2 Å². The van der Waals surface area contributed by atoms with Crippen LogP contribution in [0.4, 0.5) is 24.5 Å². The molecule has 0 aromatic heterocycles. The molecule has 0 saturated heterocycles. The highest BCUT2D eigenvalue weighted by atomic mass is 19.4. The van der Waals surface area contributed by atoms with E-state index in [1.165, 1.54) is 17.0 Å². The Bertz CT molecular complexity index is 428. The second kappa shape index (κ2) is 5.62. The van der Waals surface area contributed by atoms with Gasteiger partial charge in [0.2, 0.25) is 0 Å². The SMILES string of the molecule is C=CCN(CC=C)c1ccc(N)cc1C(F)(F)F. The summed E-state index contributed by atoms with van der Waals surface area (Å²) in [6, 6.07) is 3.75. The molecule has 0 aliphatic carbocycles. The number of hydrogen-bond acceptors (Lipinski definition) is 2. The van der Waals surface area contributed by atoms with Gasteiger partial charge in [-0.15, -0.1) is 13.2 Å². The molecule has 0 bridgehead atoms. The Morgan fingerprint density at radius 2 is 1.72 bits per heavy atom. The second-order valence-corrected chi connectivity index (χ2v) is 3.76. The molecule has 1 aromatic carbocycles. The molecule has 0 heterocycles. The maximum Gasteiger partial charge on any atom is 0.418 e. The van der Waals surface area contributed by atoms with Crippen molar-refractivity contribution in [2.45, 2.75) is 6.18 Å². The summed E-state index contributed by atoms with van der Waals surface area (Å²) in [5, 5.41) is 0. The molecule has 0 fully saturated rings. The molecule has 0 aliphatic rings. The molecule has 0 unspecified atom stereocenters. The first-order valence-electron chi connectivity index (χ1n) is 5.33. The summed E-state index contributed by atoms with van der Waals surface area (Å²) < 4.78 is 38.8. The zero-order valence-corrected chi connectivity index (χ0v) is 9.87. The number of halogens is 3. The topological polar surface area (TPSA) is 29.3 Å². The van der Waals surface area contributed by atoms with Gasteiger partial charge in [-0.05, 0) is 18.2 Å². The van der Waals surface area contributed by atoms with Crippen LogP contribution in [-0.2, 0) is 6.18 Å². The molecule has 0 aliphatic heterocycles. The van der Waals surface area contributed by atoms with Gasteiger partial charge in [-0.2, -0.15) is 13.2 Å². The van der Waals surface area contributed by atoms with E-state index in [1.807, 2.05) is 0 Å². The summed E-state index contributed by atoms with van der Waals surface area (Å²) in [5.41, 5.74) is 4.84. The summed E-state index contributed by atoms with van der Waals surface area (Å²) in [6.45, 7) is 7.68. The first kappa shape index (κ1) is 14.2. The molecule has 0 radical (unpaired) electrons. The van der Waals surface area contributed by atoms with Crippen molar-refractivity contribution in [1.29, 1.82) is 0 Å². The van der Waals surface area contributed by atoms with Gasteiger partial charge < -0.3 is 10.6 Å². The van der Waals surface area contributed by atoms with E-state index in [0.717, 1.165) is 6.07 Å². The highest BCUT2D eigenvalue weighted by molar-refractivity contribution is 5.61. The fourth-order valence-electron chi connectivity index (χ4n) is 1.64. The standard InChI is InChI=1S/C13H15F3N2/c1-3-7-18(8-4-2)12-6-5-10(17)9-11(12)13(14,15)16/h3-6,9H,1-2,7-8,17H2. The third-order valence-corrected chi connectivity index (χ3v) is 2.37. The van der Waals surface area contributed by atoms with E-state index in [-0.39, 0.29) is 11.4 Å². The maximum atomic E-state index is 12.9. The van der Waals surface area contributed by atoms with Gasteiger partial charge >= 0.3 is 6.18 Å². The third kappa shape index (κ3) is 3.29. The van der Waals surface area contributed by atoms with Crippen LogP contribution in [0.25, 0.3) is 0 Å². The summed E-state index contributed by atoms with van der Waals surface area (Å²) in [5.74, 6) is 0. The summed E-state index contributed by atoms with van der Waals surface area (Å²) >= 11 is 0. The van der Waals surface area contributed by atoms with Crippen LogP contribution in [0.5, 0.6) is 0 Å². The number of nitrogen functional groups attached to an aromatic ring is 1. The number of benzene rings is 1. The molecule has 0 saturated carbocycles. The van der Waals surface area contributed by atoms with Gasteiger partial charge in [0, 0.05) is 24.5 Å². The first-order chi connectivity index (χ1) is 8.40. The van der Waals surface area contributed by atoms with Gasteiger partial charge in [0.05, 0.1) is 5.56 Å². The lowest BCUT2D eigenvalue weighted by atomic mass is 10.1. The Hall–Kier alpha value is -1.91. The molecule has 0 amide bonds. The van der Waals surface area contributed by atoms with E-state index in [4.69, 9.17) is 5.73 Å². The minimum atomic E-state index is -4.44. The van der Waals surface area contributed by atoms with E-state index in [1.54, 1.807) is 12.2 Å². The Kier molecular flexibility index (Phi) is 4.42. The number of rotatable bonds is 5. The Morgan fingerprint density at radius 3 is 2.17 bits per heavy atom. The van der Waals surface area contributed by atoms with Gasteiger partial charge in [0.25, 0.3) is 0 Å². The lowest BCUT2D eigenvalue weighted by molar-refractivity contribution is -0.137. The summed E-state index contributed by atoms with van der Waals surface area (Å²) in [7, 11) is 0. The third-order valence-electron chi connectivity index (χ3n) is 2.37.